The molecule has 6 rings (SSSR count). The summed E-state index contributed by atoms with van der Waals surface area (Å²) in [6, 6.07) is 7.78. The van der Waals surface area contributed by atoms with Crippen molar-refractivity contribution in [3.63, 3.8) is 0 Å². The molecule has 1 aromatic carbocycles. The highest BCUT2D eigenvalue weighted by atomic mass is 35.5. The van der Waals surface area contributed by atoms with Crippen LogP contribution in [-0.4, -0.2) is 55.9 Å². The van der Waals surface area contributed by atoms with Gasteiger partial charge >= 0.3 is 0 Å². The largest absolute Gasteiger partial charge is 0.497 e. The van der Waals surface area contributed by atoms with Crippen LogP contribution in [0.4, 0.5) is 11.4 Å². The Bertz CT molecular complexity index is 1120. The number of rotatable bonds is 4. The van der Waals surface area contributed by atoms with E-state index in [1.807, 2.05) is 24.3 Å². The number of hydrogen-bond donors (Lipinski definition) is 1. The first-order chi connectivity index (χ1) is 14.9. The maximum atomic E-state index is 13.3. The smallest absolute Gasteiger partial charge is 0.272 e. The standard InChI is InChI=1S/C23H27N3O4S.ClH/c1-30-18-4-2-3-17(13-18)25-19-14-24-22(21-16-7-5-15(6-8-16)20(19)21)23(27)26-9-11-31(28,29)12-10-26;/h2-4,13-16,25H,5-12H2,1H3;1H. The number of sulfone groups is 1. The second-order valence-electron chi connectivity index (χ2n) is 8.70. The molecule has 0 radical (unpaired) electrons. The molecule has 3 aliphatic carbocycles. The van der Waals surface area contributed by atoms with Gasteiger partial charge in [0, 0.05) is 24.8 Å². The Morgan fingerprint density at radius 3 is 2.41 bits per heavy atom. The van der Waals surface area contributed by atoms with Crippen molar-refractivity contribution in [2.45, 2.75) is 37.5 Å². The van der Waals surface area contributed by atoms with Crippen molar-refractivity contribution in [1.29, 1.82) is 0 Å². The van der Waals surface area contributed by atoms with Gasteiger partial charge in [-0.05, 0) is 60.8 Å². The van der Waals surface area contributed by atoms with Gasteiger partial charge in [-0.2, -0.15) is 0 Å². The van der Waals surface area contributed by atoms with Gasteiger partial charge in [-0.1, -0.05) is 6.07 Å². The van der Waals surface area contributed by atoms with Gasteiger partial charge in [-0.3, -0.25) is 4.79 Å². The Kier molecular flexibility index (Phi) is 6.36. The summed E-state index contributed by atoms with van der Waals surface area (Å²) < 4.78 is 28.9. The van der Waals surface area contributed by atoms with E-state index in [0.717, 1.165) is 48.4 Å². The van der Waals surface area contributed by atoms with E-state index in [1.165, 1.54) is 5.56 Å². The van der Waals surface area contributed by atoms with E-state index in [4.69, 9.17) is 4.74 Å². The maximum absolute atomic E-state index is 13.3. The number of nitrogens with zero attached hydrogens (tertiary/aromatic N) is 2. The van der Waals surface area contributed by atoms with Gasteiger partial charge in [0.25, 0.3) is 5.91 Å². The summed E-state index contributed by atoms with van der Waals surface area (Å²) in [4.78, 5) is 19.6. The first kappa shape index (κ1) is 22.9. The van der Waals surface area contributed by atoms with Gasteiger partial charge in [0.1, 0.15) is 11.4 Å². The Morgan fingerprint density at radius 1 is 1.09 bits per heavy atom. The van der Waals surface area contributed by atoms with E-state index >= 15 is 0 Å². The average Bonchev–Trinajstić information content (AvgIpc) is 2.79. The topological polar surface area (TPSA) is 88.6 Å². The number of benzene rings is 1. The van der Waals surface area contributed by atoms with Gasteiger partial charge in [0.15, 0.2) is 9.84 Å². The van der Waals surface area contributed by atoms with Crippen LogP contribution in [-0.2, 0) is 9.84 Å². The Labute approximate surface area is 194 Å². The second kappa shape index (κ2) is 8.90. The quantitative estimate of drug-likeness (QED) is 0.718. The number of fused-ring (bicyclic) bond motifs is 2. The van der Waals surface area contributed by atoms with Gasteiger partial charge in [-0.25, -0.2) is 13.4 Å². The number of carbonyl (C=O) groups is 1. The molecule has 7 nitrogen and oxygen atoms in total. The summed E-state index contributed by atoms with van der Waals surface area (Å²) in [5.41, 5.74) is 4.68. The number of nitrogens with one attached hydrogen (secondary N) is 1. The molecule has 1 N–H and O–H groups in total. The van der Waals surface area contributed by atoms with Crippen LogP contribution >= 0.6 is 12.4 Å². The average molecular weight is 478 g/mol. The Morgan fingerprint density at radius 2 is 1.75 bits per heavy atom. The van der Waals surface area contributed by atoms with Gasteiger partial charge in [-0.15, -0.1) is 12.4 Å². The number of aromatic nitrogens is 1. The van der Waals surface area contributed by atoms with Gasteiger partial charge < -0.3 is 15.0 Å². The first-order valence-electron chi connectivity index (χ1n) is 10.9. The van der Waals surface area contributed by atoms with Crippen LogP contribution in [0.5, 0.6) is 5.75 Å². The highest BCUT2D eigenvalue weighted by molar-refractivity contribution is 7.91. The van der Waals surface area contributed by atoms with Gasteiger partial charge in [0.2, 0.25) is 0 Å². The van der Waals surface area contributed by atoms with Crippen LogP contribution in [0.3, 0.4) is 0 Å². The number of methoxy groups -OCH3 is 1. The predicted molar refractivity (Wildman–Crippen MR) is 126 cm³/mol. The van der Waals surface area contributed by atoms with Crippen molar-refractivity contribution >= 4 is 39.5 Å². The number of pyridine rings is 1. The van der Waals surface area contributed by atoms with Crippen molar-refractivity contribution in [3.8, 4) is 5.75 Å². The fourth-order valence-electron chi connectivity index (χ4n) is 5.26. The summed E-state index contributed by atoms with van der Waals surface area (Å²) in [6.07, 6.45) is 6.19. The molecule has 2 aromatic rings. The summed E-state index contributed by atoms with van der Waals surface area (Å²) in [5.74, 6) is 1.47. The minimum atomic E-state index is -3.04. The van der Waals surface area contributed by atoms with Crippen LogP contribution in [0.15, 0.2) is 30.5 Å². The SMILES string of the molecule is COc1cccc(Nc2cnc(C(=O)N3CCS(=O)(=O)CC3)c3c2C2CCC3CC2)c1.Cl. The zero-order valence-electron chi connectivity index (χ0n) is 18.0. The Hall–Kier alpha value is -2.32. The molecule has 2 bridgehead atoms. The van der Waals surface area contributed by atoms with Crippen molar-refractivity contribution < 1.29 is 17.9 Å². The molecule has 1 saturated heterocycles. The van der Waals surface area contributed by atoms with Crippen LogP contribution in [0.25, 0.3) is 0 Å². The highest BCUT2D eigenvalue weighted by Gasteiger charge is 2.39. The van der Waals surface area contributed by atoms with Crippen LogP contribution in [0.2, 0.25) is 0 Å². The minimum Gasteiger partial charge on any atom is -0.497 e. The number of hydrogen-bond acceptors (Lipinski definition) is 6. The number of carbonyl (C=O) groups excluding carboxylic acids is 1. The van der Waals surface area contributed by atoms with E-state index in [2.05, 4.69) is 10.3 Å². The Balaban J connectivity index is 0.00000245. The number of halogens is 1. The molecule has 0 spiro atoms. The fourth-order valence-corrected chi connectivity index (χ4v) is 6.46. The lowest BCUT2D eigenvalue weighted by Crippen LogP contribution is -2.44. The molecule has 172 valence electrons. The third-order valence-electron chi connectivity index (χ3n) is 6.88. The van der Waals surface area contributed by atoms with Crippen LogP contribution in [0, 0.1) is 0 Å². The highest BCUT2D eigenvalue weighted by Crippen LogP contribution is 2.53. The molecule has 1 aromatic heterocycles. The predicted octanol–water partition coefficient (Wildman–Crippen LogP) is 3.88. The lowest BCUT2D eigenvalue weighted by molar-refractivity contribution is 0.0761. The van der Waals surface area contributed by atoms with E-state index in [0.29, 0.717) is 17.5 Å². The molecule has 1 saturated carbocycles. The summed E-state index contributed by atoms with van der Waals surface area (Å²) in [5, 5.41) is 3.50. The van der Waals surface area contributed by atoms with Crippen molar-refractivity contribution in [1.82, 2.24) is 9.88 Å². The molecule has 32 heavy (non-hydrogen) atoms. The molecule has 0 unspecified atom stereocenters. The lowest BCUT2D eigenvalue weighted by Gasteiger charge is -2.40. The maximum Gasteiger partial charge on any atom is 0.272 e. The molecule has 1 aliphatic heterocycles. The third-order valence-corrected chi connectivity index (χ3v) is 8.49. The van der Waals surface area contributed by atoms with Crippen LogP contribution < -0.4 is 10.1 Å². The molecule has 0 atom stereocenters. The molecule has 4 aliphatic rings. The van der Waals surface area contributed by atoms with E-state index < -0.39 is 9.84 Å². The molecule has 9 heteroatoms. The van der Waals surface area contributed by atoms with Crippen molar-refractivity contribution in [2.75, 3.05) is 37.0 Å². The van der Waals surface area contributed by atoms with Crippen LogP contribution in [0.1, 0.15) is 59.1 Å². The molecular formula is C23H28ClN3O4S. The molecule has 2 fully saturated rings. The third kappa shape index (κ3) is 4.18. The summed E-state index contributed by atoms with van der Waals surface area (Å²) in [6.45, 7) is 0.491. The van der Waals surface area contributed by atoms with E-state index in [1.54, 1.807) is 18.2 Å². The first-order valence-corrected chi connectivity index (χ1v) is 12.7. The van der Waals surface area contributed by atoms with Crippen molar-refractivity contribution in [2.24, 2.45) is 0 Å². The molecule has 1 amide bonds. The molecule has 2 heterocycles. The summed E-state index contributed by atoms with van der Waals surface area (Å²) >= 11 is 0. The van der Waals surface area contributed by atoms with E-state index in [9.17, 15) is 13.2 Å². The zero-order chi connectivity index (χ0) is 21.6. The monoisotopic (exact) mass is 477 g/mol. The lowest BCUT2D eigenvalue weighted by atomic mass is 9.66. The fraction of sp³-hybridized carbons (Fsp3) is 0.478. The summed E-state index contributed by atoms with van der Waals surface area (Å²) in [7, 11) is -1.39. The van der Waals surface area contributed by atoms with E-state index in [-0.39, 0.29) is 42.9 Å². The zero-order valence-corrected chi connectivity index (χ0v) is 19.7. The molecular weight excluding hydrogens is 450 g/mol. The second-order valence-corrected chi connectivity index (χ2v) is 11.0. The van der Waals surface area contributed by atoms with Gasteiger partial charge in [0.05, 0.1) is 30.5 Å². The number of amides is 1. The normalized spacial score (nSPS) is 23.1. The number of anilines is 2. The minimum absolute atomic E-state index is 0. The van der Waals surface area contributed by atoms with Crippen molar-refractivity contribution in [3.05, 3.63) is 47.3 Å². The number of ether oxygens (including phenoxy) is 1.